The largest absolute Gasteiger partial charge is 0.358 e. The van der Waals surface area contributed by atoms with Gasteiger partial charge in [-0.05, 0) is 86.4 Å². The van der Waals surface area contributed by atoms with Crippen LogP contribution in [0.15, 0.2) is 42.5 Å². The quantitative estimate of drug-likeness (QED) is 0.780. The second kappa shape index (κ2) is 8.45. The standard InChI is InChI=1S/C21H27N3S/c1-16-9-10-20(13-17(16)2)23-21(25)22-14-18-7-3-4-8-19(18)15-24-11-5-6-12-24/h3-4,7-10,13H,5-6,11-12,14-15H2,1-2H3,(H2,22,23,25). The van der Waals surface area contributed by atoms with Crippen molar-refractivity contribution in [1.82, 2.24) is 10.2 Å². The van der Waals surface area contributed by atoms with Gasteiger partial charge in [0.25, 0.3) is 0 Å². The average molecular weight is 354 g/mol. The van der Waals surface area contributed by atoms with Crippen LogP contribution in [0.5, 0.6) is 0 Å². The maximum atomic E-state index is 5.47. The third kappa shape index (κ3) is 5.03. The first-order chi connectivity index (χ1) is 12.1. The lowest BCUT2D eigenvalue weighted by atomic mass is 10.1. The molecule has 2 aromatic carbocycles. The number of aryl methyl sites for hydroxylation is 2. The number of anilines is 1. The van der Waals surface area contributed by atoms with Crippen molar-refractivity contribution in [3.8, 4) is 0 Å². The Labute approximate surface area is 156 Å². The van der Waals surface area contributed by atoms with Crippen molar-refractivity contribution < 1.29 is 0 Å². The fourth-order valence-corrected chi connectivity index (χ4v) is 3.43. The predicted molar refractivity (Wildman–Crippen MR) is 110 cm³/mol. The van der Waals surface area contributed by atoms with Crippen molar-refractivity contribution in [2.24, 2.45) is 0 Å². The molecule has 1 aliphatic rings. The highest BCUT2D eigenvalue weighted by atomic mass is 32.1. The molecule has 0 amide bonds. The summed E-state index contributed by atoms with van der Waals surface area (Å²) in [6.07, 6.45) is 2.65. The second-order valence-corrected chi connectivity index (χ2v) is 7.27. The predicted octanol–water partition coefficient (Wildman–Crippen LogP) is 4.39. The number of hydrogen-bond donors (Lipinski definition) is 2. The second-order valence-electron chi connectivity index (χ2n) is 6.86. The SMILES string of the molecule is Cc1ccc(NC(=S)NCc2ccccc2CN2CCCC2)cc1C. The van der Waals surface area contributed by atoms with Crippen molar-refractivity contribution in [2.45, 2.75) is 39.8 Å². The van der Waals surface area contributed by atoms with E-state index in [1.807, 2.05) is 0 Å². The number of benzene rings is 2. The number of hydrogen-bond acceptors (Lipinski definition) is 2. The molecule has 4 heteroatoms. The van der Waals surface area contributed by atoms with E-state index in [1.54, 1.807) is 0 Å². The average Bonchev–Trinajstić information content (AvgIpc) is 3.10. The van der Waals surface area contributed by atoms with Gasteiger partial charge in [0.05, 0.1) is 0 Å². The summed E-state index contributed by atoms with van der Waals surface area (Å²) >= 11 is 5.47. The van der Waals surface area contributed by atoms with Crippen molar-refractivity contribution >= 4 is 23.0 Å². The van der Waals surface area contributed by atoms with Crippen LogP contribution in [0.1, 0.15) is 35.1 Å². The number of nitrogens with zero attached hydrogens (tertiary/aromatic N) is 1. The number of nitrogens with one attached hydrogen (secondary N) is 2. The molecule has 0 bridgehead atoms. The van der Waals surface area contributed by atoms with Crippen molar-refractivity contribution in [3.05, 3.63) is 64.7 Å². The van der Waals surface area contributed by atoms with Crippen LogP contribution in [-0.2, 0) is 13.1 Å². The first-order valence-corrected chi connectivity index (χ1v) is 9.44. The van der Waals surface area contributed by atoms with E-state index >= 15 is 0 Å². The van der Waals surface area contributed by atoms with Crippen LogP contribution < -0.4 is 10.6 Å². The topological polar surface area (TPSA) is 27.3 Å². The van der Waals surface area contributed by atoms with Gasteiger partial charge in [-0.1, -0.05) is 30.3 Å². The first kappa shape index (κ1) is 17.9. The minimum absolute atomic E-state index is 0.666. The fraction of sp³-hybridized carbons (Fsp3) is 0.381. The van der Waals surface area contributed by atoms with Crippen LogP contribution in [0.3, 0.4) is 0 Å². The van der Waals surface area contributed by atoms with Crippen LogP contribution in [0.25, 0.3) is 0 Å². The molecule has 2 aromatic rings. The molecule has 0 spiro atoms. The van der Waals surface area contributed by atoms with Gasteiger partial charge in [-0.25, -0.2) is 0 Å². The molecule has 0 radical (unpaired) electrons. The van der Waals surface area contributed by atoms with Gasteiger partial charge in [-0.3, -0.25) is 4.90 Å². The molecule has 132 valence electrons. The monoisotopic (exact) mass is 353 g/mol. The van der Waals surface area contributed by atoms with Gasteiger partial charge >= 0.3 is 0 Å². The molecule has 1 fully saturated rings. The Balaban J connectivity index is 1.57. The molecule has 0 saturated carbocycles. The van der Waals surface area contributed by atoms with E-state index in [1.165, 1.54) is 48.2 Å². The molecule has 1 saturated heterocycles. The number of likely N-dealkylation sites (tertiary alicyclic amines) is 1. The Morgan fingerprint density at radius 1 is 1.00 bits per heavy atom. The molecular formula is C21H27N3S. The third-order valence-corrected chi connectivity index (χ3v) is 5.16. The highest BCUT2D eigenvalue weighted by Crippen LogP contribution is 2.17. The Kier molecular flexibility index (Phi) is 6.05. The van der Waals surface area contributed by atoms with Crippen molar-refractivity contribution in [2.75, 3.05) is 18.4 Å². The minimum atomic E-state index is 0.666. The maximum Gasteiger partial charge on any atom is 0.171 e. The van der Waals surface area contributed by atoms with Gasteiger partial charge in [0.1, 0.15) is 0 Å². The molecule has 1 aliphatic heterocycles. The summed E-state index contributed by atoms with van der Waals surface area (Å²) in [7, 11) is 0. The molecule has 3 nitrogen and oxygen atoms in total. The Morgan fingerprint density at radius 2 is 1.72 bits per heavy atom. The molecular weight excluding hydrogens is 326 g/mol. The first-order valence-electron chi connectivity index (χ1n) is 9.03. The molecule has 0 unspecified atom stereocenters. The van der Waals surface area contributed by atoms with E-state index in [0.717, 1.165) is 18.8 Å². The van der Waals surface area contributed by atoms with Crippen LogP contribution in [0.2, 0.25) is 0 Å². The summed E-state index contributed by atoms with van der Waals surface area (Å²) in [5, 5.41) is 7.30. The van der Waals surface area contributed by atoms with Gasteiger partial charge in [0.15, 0.2) is 5.11 Å². The van der Waals surface area contributed by atoms with E-state index in [0.29, 0.717) is 5.11 Å². The minimum Gasteiger partial charge on any atom is -0.358 e. The molecule has 25 heavy (non-hydrogen) atoms. The van der Waals surface area contributed by atoms with Gasteiger partial charge < -0.3 is 10.6 Å². The Morgan fingerprint density at radius 3 is 2.44 bits per heavy atom. The van der Waals surface area contributed by atoms with E-state index < -0.39 is 0 Å². The zero-order chi connectivity index (χ0) is 17.6. The summed E-state index contributed by atoms with van der Waals surface area (Å²) in [4.78, 5) is 2.53. The molecule has 2 N–H and O–H groups in total. The van der Waals surface area contributed by atoms with E-state index in [-0.39, 0.29) is 0 Å². The zero-order valence-corrected chi connectivity index (χ0v) is 16.0. The van der Waals surface area contributed by atoms with Gasteiger partial charge in [0, 0.05) is 18.8 Å². The van der Waals surface area contributed by atoms with Gasteiger partial charge in [-0.15, -0.1) is 0 Å². The highest BCUT2D eigenvalue weighted by molar-refractivity contribution is 7.80. The van der Waals surface area contributed by atoms with Crippen molar-refractivity contribution in [3.63, 3.8) is 0 Å². The molecule has 3 rings (SSSR count). The lowest BCUT2D eigenvalue weighted by Gasteiger charge is -2.18. The maximum absolute atomic E-state index is 5.47. The van der Waals surface area contributed by atoms with Crippen LogP contribution >= 0.6 is 12.2 Å². The highest BCUT2D eigenvalue weighted by Gasteiger charge is 2.13. The summed E-state index contributed by atoms with van der Waals surface area (Å²) < 4.78 is 0. The Hall–Kier alpha value is -1.91. The molecule has 0 aliphatic carbocycles. The lowest BCUT2D eigenvalue weighted by Crippen LogP contribution is -2.29. The molecule has 0 atom stereocenters. The van der Waals surface area contributed by atoms with Gasteiger partial charge in [0.2, 0.25) is 0 Å². The summed E-state index contributed by atoms with van der Waals surface area (Å²) in [6.45, 7) is 8.46. The smallest absolute Gasteiger partial charge is 0.171 e. The molecule has 0 aromatic heterocycles. The zero-order valence-electron chi connectivity index (χ0n) is 15.1. The van der Waals surface area contributed by atoms with E-state index in [4.69, 9.17) is 12.2 Å². The number of thiocarbonyl (C=S) groups is 1. The Bertz CT molecular complexity index is 736. The van der Waals surface area contributed by atoms with Gasteiger partial charge in [-0.2, -0.15) is 0 Å². The van der Waals surface area contributed by atoms with E-state index in [2.05, 4.69) is 71.8 Å². The molecule has 1 heterocycles. The summed E-state index contributed by atoms with van der Waals surface area (Å²) in [5.74, 6) is 0. The summed E-state index contributed by atoms with van der Waals surface area (Å²) in [5.41, 5.74) is 6.31. The summed E-state index contributed by atoms with van der Waals surface area (Å²) in [6, 6.07) is 15.0. The van der Waals surface area contributed by atoms with Crippen molar-refractivity contribution in [1.29, 1.82) is 0 Å². The number of rotatable bonds is 5. The normalized spacial score (nSPS) is 14.5. The van der Waals surface area contributed by atoms with Crippen LogP contribution in [0, 0.1) is 13.8 Å². The van der Waals surface area contributed by atoms with Crippen LogP contribution in [-0.4, -0.2) is 23.1 Å². The third-order valence-electron chi connectivity index (χ3n) is 4.92. The van der Waals surface area contributed by atoms with E-state index in [9.17, 15) is 0 Å². The fourth-order valence-electron chi connectivity index (χ4n) is 3.24. The van der Waals surface area contributed by atoms with Crippen LogP contribution in [0.4, 0.5) is 5.69 Å². The lowest BCUT2D eigenvalue weighted by molar-refractivity contribution is 0.330.